The van der Waals surface area contributed by atoms with Gasteiger partial charge in [-0.2, -0.15) is 0 Å². The molecule has 3 nitrogen and oxygen atoms in total. The van der Waals surface area contributed by atoms with Gasteiger partial charge in [0.25, 0.3) is 0 Å². The average Bonchev–Trinajstić information content (AvgIpc) is 2.06. The molecule has 1 rings (SSSR count). The number of nitrogens with one attached hydrogen (secondary N) is 1. The fourth-order valence-corrected chi connectivity index (χ4v) is 1.47. The van der Waals surface area contributed by atoms with Crippen LogP contribution in [-0.2, 0) is 4.79 Å². The first-order valence-corrected chi connectivity index (χ1v) is 5.02. The topological polar surface area (TPSA) is 49.3 Å². The highest BCUT2D eigenvalue weighted by Gasteiger charge is 2.20. The van der Waals surface area contributed by atoms with E-state index in [-0.39, 0.29) is 6.42 Å². The normalized spacial score (nSPS) is 11.1. The molecule has 1 aromatic rings. The molecule has 0 aliphatic carbocycles. The standard InChI is InChI=1S/C11H14ClNO2/c1-11(2,7-10(14)15)13-9-5-3-8(12)4-6-9/h3-6,13H,7H2,1-2H3,(H,14,15). The summed E-state index contributed by atoms with van der Waals surface area (Å²) >= 11 is 5.75. The highest BCUT2D eigenvalue weighted by molar-refractivity contribution is 6.30. The summed E-state index contributed by atoms with van der Waals surface area (Å²) in [6, 6.07) is 7.18. The number of carboxylic acid groups (broad SMARTS) is 1. The van der Waals surface area contributed by atoms with Crippen LogP contribution in [0.3, 0.4) is 0 Å². The van der Waals surface area contributed by atoms with Crippen LogP contribution in [0.4, 0.5) is 5.69 Å². The molecule has 15 heavy (non-hydrogen) atoms. The largest absolute Gasteiger partial charge is 0.481 e. The quantitative estimate of drug-likeness (QED) is 0.832. The van der Waals surface area contributed by atoms with Gasteiger partial charge in [-0.15, -0.1) is 0 Å². The Morgan fingerprint density at radius 3 is 2.40 bits per heavy atom. The number of aliphatic carboxylic acids is 1. The van der Waals surface area contributed by atoms with Crippen molar-refractivity contribution in [3.8, 4) is 0 Å². The van der Waals surface area contributed by atoms with Crippen LogP contribution in [0.2, 0.25) is 5.02 Å². The van der Waals surface area contributed by atoms with Crippen molar-refractivity contribution >= 4 is 23.3 Å². The number of hydrogen-bond acceptors (Lipinski definition) is 2. The number of hydrogen-bond donors (Lipinski definition) is 2. The van der Waals surface area contributed by atoms with Crippen LogP contribution < -0.4 is 5.32 Å². The zero-order valence-corrected chi connectivity index (χ0v) is 9.51. The van der Waals surface area contributed by atoms with E-state index in [0.29, 0.717) is 5.02 Å². The molecule has 0 radical (unpaired) electrons. The monoisotopic (exact) mass is 227 g/mol. The first-order chi connectivity index (χ1) is 6.89. The lowest BCUT2D eigenvalue weighted by Crippen LogP contribution is -2.33. The van der Waals surface area contributed by atoms with Gasteiger partial charge in [-0.25, -0.2) is 0 Å². The summed E-state index contributed by atoms with van der Waals surface area (Å²) in [4.78, 5) is 10.6. The summed E-state index contributed by atoms with van der Waals surface area (Å²) in [5, 5.41) is 12.5. The van der Waals surface area contributed by atoms with Gasteiger partial charge in [0.2, 0.25) is 0 Å². The molecule has 0 saturated heterocycles. The third kappa shape index (κ3) is 4.21. The molecule has 82 valence electrons. The summed E-state index contributed by atoms with van der Waals surface area (Å²) < 4.78 is 0. The van der Waals surface area contributed by atoms with Gasteiger partial charge in [0.1, 0.15) is 0 Å². The van der Waals surface area contributed by atoms with E-state index in [2.05, 4.69) is 5.32 Å². The first kappa shape index (κ1) is 11.9. The van der Waals surface area contributed by atoms with E-state index in [1.807, 2.05) is 26.0 Å². The Labute approximate surface area is 94.1 Å². The fraction of sp³-hybridized carbons (Fsp3) is 0.364. The number of carbonyl (C=O) groups is 1. The number of benzene rings is 1. The molecule has 0 heterocycles. The van der Waals surface area contributed by atoms with Crippen LogP contribution in [0.1, 0.15) is 20.3 Å². The van der Waals surface area contributed by atoms with E-state index in [0.717, 1.165) is 5.69 Å². The zero-order valence-electron chi connectivity index (χ0n) is 8.75. The van der Waals surface area contributed by atoms with Gasteiger partial charge in [-0.1, -0.05) is 11.6 Å². The fourth-order valence-electron chi connectivity index (χ4n) is 1.35. The maximum absolute atomic E-state index is 10.6. The molecule has 0 fully saturated rings. The van der Waals surface area contributed by atoms with Gasteiger partial charge < -0.3 is 10.4 Å². The van der Waals surface area contributed by atoms with Gasteiger partial charge >= 0.3 is 5.97 Å². The zero-order chi connectivity index (χ0) is 11.5. The Morgan fingerprint density at radius 1 is 1.40 bits per heavy atom. The van der Waals surface area contributed by atoms with E-state index in [1.54, 1.807) is 12.1 Å². The molecule has 0 unspecified atom stereocenters. The van der Waals surface area contributed by atoms with Gasteiger partial charge in [0.05, 0.1) is 6.42 Å². The minimum Gasteiger partial charge on any atom is -0.481 e. The third-order valence-corrected chi connectivity index (χ3v) is 2.17. The number of anilines is 1. The van der Waals surface area contributed by atoms with E-state index < -0.39 is 11.5 Å². The SMILES string of the molecule is CC(C)(CC(=O)O)Nc1ccc(Cl)cc1. The number of rotatable bonds is 4. The van der Waals surface area contributed by atoms with Crippen LogP contribution in [-0.4, -0.2) is 16.6 Å². The molecule has 0 spiro atoms. The molecular weight excluding hydrogens is 214 g/mol. The van der Waals surface area contributed by atoms with E-state index in [4.69, 9.17) is 16.7 Å². The van der Waals surface area contributed by atoms with Crippen molar-refractivity contribution in [2.45, 2.75) is 25.8 Å². The van der Waals surface area contributed by atoms with E-state index in [1.165, 1.54) is 0 Å². The minimum atomic E-state index is -0.818. The van der Waals surface area contributed by atoms with Crippen molar-refractivity contribution in [2.75, 3.05) is 5.32 Å². The van der Waals surface area contributed by atoms with Crippen molar-refractivity contribution in [1.29, 1.82) is 0 Å². The second-order valence-corrected chi connectivity index (χ2v) is 4.52. The Hall–Kier alpha value is -1.22. The number of carboxylic acids is 1. The summed E-state index contributed by atoms with van der Waals surface area (Å²) in [5.41, 5.74) is 0.394. The Morgan fingerprint density at radius 2 is 1.93 bits per heavy atom. The molecule has 0 aromatic heterocycles. The third-order valence-electron chi connectivity index (χ3n) is 1.92. The van der Waals surface area contributed by atoms with Crippen molar-refractivity contribution in [1.82, 2.24) is 0 Å². The van der Waals surface area contributed by atoms with E-state index >= 15 is 0 Å². The van der Waals surface area contributed by atoms with Gasteiger partial charge in [-0.3, -0.25) is 4.79 Å². The van der Waals surface area contributed by atoms with Crippen LogP contribution in [0.25, 0.3) is 0 Å². The van der Waals surface area contributed by atoms with Crippen LogP contribution in [0.15, 0.2) is 24.3 Å². The molecule has 0 atom stereocenters. The highest BCUT2D eigenvalue weighted by atomic mass is 35.5. The van der Waals surface area contributed by atoms with Crippen LogP contribution in [0, 0.1) is 0 Å². The summed E-state index contributed by atoms with van der Waals surface area (Å²) in [6.45, 7) is 3.69. The number of halogens is 1. The molecule has 0 aliphatic heterocycles. The lowest BCUT2D eigenvalue weighted by molar-refractivity contribution is -0.137. The Balaban J connectivity index is 2.68. The minimum absolute atomic E-state index is 0.0651. The molecule has 0 bridgehead atoms. The molecule has 0 aliphatic rings. The molecule has 0 amide bonds. The Kier molecular flexibility index (Phi) is 3.58. The second-order valence-electron chi connectivity index (χ2n) is 4.09. The second kappa shape index (κ2) is 4.53. The maximum Gasteiger partial charge on any atom is 0.305 e. The summed E-state index contributed by atoms with van der Waals surface area (Å²) in [6.07, 6.45) is 0.0651. The lowest BCUT2D eigenvalue weighted by atomic mass is 10.0. The van der Waals surface area contributed by atoms with Gasteiger partial charge in [0, 0.05) is 16.2 Å². The molecule has 0 saturated carbocycles. The molecule has 4 heteroatoms. The lowest BCUT2D eigenvalue weighted by Gasteiger charge is -2.25. The smallest absolute Gasteiger partial charge is 0.305 e. The average molecular weight is 228 g/mol. The van der Waals surface area contributed by atoms with Gasteiger partial charge in [-0.05, 0) is 38.1 Å². The predicted molar refractivity (Wildman–Crippen MR) is 61.4 cm³/mol. The van der Waals surface area contributed by atoms with Crippen molar-refractivity contribution in [3.05, 3.63) is 29.3 Å². The molecule has 2 N–H and O–H groups in total. The van der Waals surface area contributed by atoms with Crippen molar-refractivity contribution in [2.24, 2.45) is 0 Å². The van der Waals surface area contributed by atoms with Gasteiger partial charge in [0.15, 0.2) is 0 Å². The first-order valence-electron chi connectivity index (χ1n) is 4.65. The highest BCUT2D eigenvalue weighted by Crippen LogP contribution is 2.20. The molecule has 1 aromatic carbocycles. The molecular formula is C11H14ClNO2. The summed E-state index contributed by atoms with van der Waals surface area (Å²) in [5.74, 6) is -0.818. The van der Waals surface area contributed by atoms with Crippen LogP contribution >= 0.6 is 11.6 Å². The maximum atomic E-state index is 10.6. The predicted octanol–water partition coefficient (Wildman–Crippen LogP) is 3.01. The van der Waals surface area contributed by atoms with E-state index in [9.17, 15) is 4.79 Å². The van der Waals surface area contributed by atoms with Crippen LogP contribution in [0.5, 0.6) is 0 Å². The van der Waals surface area contributed by atoms with Crippen molar-refractivity contribution < 1.29 is 9.90 Å². The van der Waals surface area contributed by atoms with Crippen molar-refractivity contribution in [3.63, 3.8) is 0 Å². The Bertz CT molecular complexity index is 346. The summed E-state index contributed by atoms with van der Waals surface area (Å²) in [7, 11) is 0.